The summed E-state index contributed by atoms with van der Waals surface area (Å²) in [6.07, 6.45) is 3.41. The molecule has 22 heavy (non-hydrogen) atoms. The molecule has 7 heteroatoms. The van der Waals surface area contributed by atoms with Gasteiger partial charge in [-0.25, -0.2) is 4.98 Å². The van der Waals surface area contributed by atoms with Crippen LogP contribution in [0.3, 0.4) is 0 Å². The molecule has 0 amide bonds. The van der Waals surface area contributed by atoms with Gasteiger partial charge in [0.15, 0.2) is 5.82 Å². The fraction of sp³-hybridized carbons (Fsp3) is 0.0667. The van der Waals surface area contributed by atoms with E-state index in [0.717, 1.165) is 17.0 Å². The summed E-state index contributed by atoms with van der Waals surface area (Å²) in [6.45, 7) is 0. The fourth-order valence-electron chi connectivity index (χ4n) is 2.31. The van der Waals surface area contributed by atoms with Crippen molar-refractivity contribution < 1.29 is 5.11 Å². The molecule has 4 rings (SSSR count). The second-order valence-corrected chi connectivity index (χ2v) is 5.63. The number of hydrogen-bond acceptors (Lipinski definition) is 6. The summed E-state index contributed by atoms with van der Waals surface area (Å²) in [5.74, 6) is 0.425. The predicted octanol–water partition coefficient (Wildman–Crippen LogP) is 2.86. The van der Waals surface area contributed by atoms with Gasteiger partial charge in [-0.05, 0) is 18.2 Å². The number of aryl methyl sites for hydroxylation is 1. The second kappa shape index (κ2) is 4.88. The monoisotopic (exact) mass is 309 g/mol. The maximum atomic E-state index is 10.2. The third kappa shape index (κ3) is 1.94. The quantitative estimate of drug-likeness (QED) is 0.616. The van der Waals surface area contributed by atoms with Crippen LogP contribution in [-0.4, -0.2) is 29.8 Å². The molecule has 0 spiro atoms. The van der Waals surface area contributed by atoms with Crippen molar-refractivity contribution in [1.82, 2.24) is 24.7 Å². The Bertz CT molecular complexity index is 961. The molecule has 4 aromatic rings. The summed E-state index contributed by atoms with van der Waals surface area (Å²) >= 11 is 1.41. The molecule has 0 saturated carbocycles. The van der Waals surface area contributed by atoms with Crippen molar-refractivity contribution in [2.75, 3.05) is 0 Å². The Morgan fingerprint density at radius 2 is 2.05 bits per heavy atom. The van der Waals surface area contributed by atoms with E-state index >= 15 is 0 Å². The molecule has 0 fully saturated rings. The fourth-order valence-corrected chi connectivity index (χ4v) is 3.20. The van der Waals surface area contributed by atoms with E-state index < -0.39 is 0 Å². The van der Waals surface area contributed by atoms with Crippen molar-refractivity contribution in [2.45, 2.75) is 0 Å². The van der Waals surface area contributed by atoms with E-state index in [9.17, 15) is 5.11 Å². The van der Waals surface area contributed by atoms with Gasteiger partial charge in [-0.2, -0.15) is 10.1 Å². The largest absolute Gasteiger partial charge is 0.492 e. The Morgan fingerprint density at radius 1 is 1.14 bits per heavy atom. The Labute approximate surface area is 129 Å². The van der Waals surface area contributed by atoms with E-state index in [1.807, 2.05) is 36.7 Å². The van der Waals surface area contributed by atoms with Gasteiger partial charge >= 0.3 is 0 Å². The van der Waals surface area contributed by atoms with Gasteiger partial charge in [0.2, 0.25) is 5.88 Å². The molecular formula is C15H11N5OS. The number of nitrogens with zero attached hydrogens (tertiary/aromatic N) is 5. The van der Waals surface area contributed by atoms with Gasteiger partial charge in [-0.15, -0.1) is 11.3 Å². The molecule has 108 valence electrons. The van der Waals surface area contributed by atoms with E-state index in [-0.39, 0.29) is 5.88 Å². The highest BCUT2D eigenvalue weighted by Crippen LogP contribution is 2.36. The molecule has 0 aromatic carbocycles. The molecular weight excluding hydrogens is 298 g/mol. The first kappa shape index (κ1) is 12.9. The van der Waals surface area contributed by atoms with Crippen molar-refractivity contribution >= 4 is 21.6 Å². The minimum Gasteiger partial charge on any atom is -0.492 e. The van der Waals surface area contributed by atoms with Crippen LogP contribution in [0.4, 0.5) is 0 Å². The maximum absolute atomic E-state index is 10.2. The van der Waals surface area contributed by atoms with Gasteiger partial charge < -0.3 is 5.11 Å². The van der Waals surface area contributed by atoms with Crippen LogP contribution >= 0.6 is 11.3 Å². The number of aromatic hydroxyl groups is 1. The lowest BCUT2D eigenvalue weighted by molar-refractivity contribution is 0.461. The molecule has 1 N–H and O–H groups in total. The van der Waals surface area contributed by atoms with Crippen molar-refractivity contribution in [3.8, 4) is 28.7 Å². The summed E-state index contributed by atoms with van der Waals surface area (Å²) < 4.78 is 2.33. The molecule has 6 nitrogen and oxygen atoms in total. The second-order valence-electron chi connectivity index (χ2n) is 4.75. The third-order valence-corrected chi connectivity index (χ3v) is 4.35. The Kier molecular flexibility index (Phi) is 2.87. The lowest BCUT2D eigenvalue weighted by atomic mass is 10.2. The van der Waals surface area contributed by atoms with Gasteiger partial charge in [-0.1, -0.05) is 6.07 Å². The zero-order valence-corrected chi connectivity index (χ0v) is 12.4. The first-order valence-electron chi connectivity index (χ1n) is 6.62. The van der Waals surface area contributed by atoms with Crippen LogP contribution in [-0.2, 0) is 7.05 Å². The van der Waals surface area contributed by atoms with Crippen molar-refractivity contribution in [3.05, 3.63) is 42.0 Å². The minimum absolute atomic E-state index is 0.0200. The summed E-state index contributed by atoms with van der Waals surface area (Å²) in [5, 5.41) is 16.3. The predicted molar refractivity (Wildman–Crippen MR) is 84.5 cm³/mol. The number of hydrogen-bond donors (Lipinski definition) is 1. The van der Waals surface area contributed by atoms with E-state index in [0.29, 0.717) is 16.0 Å². The Balaban J connectivity index is 1.98. The van der Waals surface area contributed by atoms with Crippen LogP contribution in [0.15, 0.2) is 42.0 Å². The SMILES string of the molecule is Cn1nccc1-c1nc(O)c2scc(-c3ccccn3)c2n1. The highest BCUT2D eigenvalue weighted by Gasteiger charge is 2.16. The smallest absolute Gasteiger partial charge is 0.233 e. The summed E-state index contributed by atoms with van der Waals surface area (Å²) in [6, 6.07) is 7.53. The van der Waals surface area contributed by atoms with E-state index in [4.69, 9.17) is 0 Å². The molecule has 0 radical (unpaired) electrons. The standard InChI is InChI=1S/C15H11N5OS/c1-20-11(5-7-17-20)14-18-12-9(10-4-2-3-6-16-10)8-22-13(12)15(21)19-14/h2-8H,1H3,(H,18,19,21). The van der Waals surface area contributed by atoms with E-state index in [1.165, 1.54) is 11.3 Å². The molecule has 0 unspecified atom stereocenters. The Hall–Kier alpha value is -2.80. The molecule has 0 aliphatic rings. The molecule has 0 aliphatic heterocycles. The zero-order chi connectivity index (χ0) is 15.1. The highest BCUT2D eigenvalue weighted by atomic mass is 32.1. The molecule has 0 aliphatic carbocycles. The normalized spacial score (nSPS) is 11.1. The van der Waals surface area contributed by atoms with Crippen LogP contribution in [0.2, 0.25) is 0 Å². The molecule has 4 aromatic heterocycles. The van der Waals surface area contributed by atoms with Crippen molar-refractivity contribution in [2.24, 2.45) is 7.05 Å². The van der Waals surface area contributed by atoms with Crippen LogP contribution in [0, 0.1) is 0 Å². The minimum atomic E-state index is -0.0200. The maximum Gasteiger partial charge on any atom is 0.233 e. The number of aromatic nitrogens is 5. The van der Waals surface area contributed by atoms with Crippen LogP contribution in [0.5, 0.6) is 5.88 Å². The molecule has 0 saturated heterocycles. The topological polar surface area (TPSA) is 76.7 Å². The zero-order valence-electron chi connectivity index (χ0n) is 11.6. The number of rotatable bonds is 2. The van der Waals surface area contributed by atoms with Gasteiger partial charge in [-0.3, -0.25) is 9.67 Å². The number of pyridine rings is 1. The lowest BCUT2D eigenvalue weighted by Gasteiger charge is -2.03. The van der Waals surface area contributed by atoms with Crippen LogP contribution in [0.1, 0.15) is 0 Å². The summed E-state index contributed by atoms with van der Waals surface area (Å²) in [5.41, 5.74) is 3.16. The first-order chi connectivity index (χ1) is 10.7. The molecule has 0 atom stereocenters. The third-order valence-electron chi connectivity index (χ3n) is 3.39. The van der Waals surface area contributed by atoms with Crippen molar-refractivity contribution in [3.63, 3.8) is 0 Å². The van der Waals surface area contributed by atoms with Crippen LogP contribution < -0.4 is 0 Å². The van der Waals surface area contributed by atoms with E-state index in [2.05, 4.69) is 20.1 Å². The average Bonchev–Trinajstić information content (AvgIpc) is 3.14. The van der Waals surface area contributed by atoms with Gasteiger partial charge in [0.05, 0.1) is 11.2 Å². The van der Waals surface area contributed by atoms with Crippen LogP contribution in [0.25, 0.3) is 33.0 Å². The van der Waals surface area contributed by atoms with Gasteiger partial charge in [0.1, 0.15) is 10.4 Å². The van der Waals surface area contributed by atoms with Gasteiger partial charge in [0.25, 0.3) is 0 Å². The average molecular weight is 309 g/mol. The highest BCUT2D eigenvalue weighted by molar-refractivity contribution is 7.18. The van der Waals surface area contributed by atoms with Crippen molar-refractivity contribution in [1.29, 1.82) is 0 Å². The first-order valence-corrected chi connectivity index (χ1v) is 7.50. The summed E-state index contributed by atoms with van der Waals surface area (Å²) in [7, 11) is 1.81. The molecule has 4 heterocycles. The summed E-state index contributed by atoms with van der Waals surface area (Å²) in [4.78, 5) is 13.2. The van der Waals surface area contributed by atoms with Gasteiger partial charge in [0, 0.05) is 30.4 Å². The lowest BCUT2D eigenvalue weighted by Crippen LogP contribution is -1.98. The number of fused-ring (bicyclic) bond motifs is 1. The van der Waals surface area contributed by atoms with E-state index in [1.54, 1.807) is 17.1 Å². The Morgan fingerprint density at radius 3 is 2.77 bits per heavy atom. The molecule has 0 bridgehead atoms. The number of thiophene rings is 1.